The molecule has 0 spiro atoms. The molecule has 0 bridgehead atoms. The van der Waals surface area contributed by atoms with E-state index in [2.05, 4.69) is 9.97 Å². The third kappa shape index (κ3) is 2.18. The molecular formula is C15H9F3N2. The summed E-state index contributed by atoms with van der Waals surface area (Å²) < 4.78 is 39.4. The summed E-state index contributed by atoms with van der Waals surface area (Å²) in [5.41, 5.74) is 1.58. The maximum Gasteiger partial charge on any atom is 0.195 e. The van der Waals surface area contributed by atoms with Gasteiger partial charge in [-0.1, -0.05) is 12.1 Å². The molecule has 0 aliphatic heterocycles. The van der Waals surface area contributed by atoms with Gasteiger partial charge in [0, 0.05) is 5.56 Å². The van der Waals surface area contributed by atoms with Crippen molar-refractivity contribution in [3.8, 4) is 0 Å². The zero-order valence-electron chi connectivity index (χ0n) is 10.2. The number of nitrogens with one attached hydrogen (secondary N) is 1. The molecule has 20 heavy (non-hydrogen) atoms. The molecule has 0 aliphatic rings. The van der Waals surface area contributed by atoms with Gasteiger partial charge in [-0.25, -0.2) is 18.2 Å². The Morgan fingerprint density at radius 2 is 1.70 bits per heavy atom. The van der Waals surface area contributed by atoms with Crippen LogP contribution in [0.5, 0.6) is 0 Å². The number of aromatic amines is 1. The number of aromatic nitrogens is 2. The largest absolute Gasteiger partial charge is 0.338 e. The highest BCUT2D eigenvalue weighted by Gasteiger charge is 2.11. The highest BCUT2D eigenvalue weighted by Crippen LogP contribution is 2.18. The van der Waals surface area contributed by atoms with Crippen molar-refractivity contribution < 1.29 is 13.2 Å². The molecule has 1 N–H and O–H groups in total. The normalized spacial score (nSPS) is 11.6. The summed E-state index contributed by atoms with van der Waals surface area (Å²) in [5.74, 6) is -3.38. The van der Waals surface area contributed by atoms with E-state index in [1.54, 1.807) is 0 Å². The maximum atomic E-state index is 13.5. The molecule has 3 rings (SSSR count). The van der Waals surface area contributed by atoms with Gasteiger partial charge in [-0.2, -0.15) is 0 Å². The maximum absolute atomic E-state index is 13.5. The lowest BCUT2D eigenvalue weighted by Gasteiger charge is -1.98. The van der Waals surface area contributed by atoms with Crippen molar-refractivity contribution in [1.29, 1.82) is 0 Å². The highest BCUT2D eigenvalue weighted by atomic mass is 19.2. The monoisotopic (exact) mass is 274 g/mol. The fraction of sp³-hybridized carbons (Fsp3) is 0. The second-order valence-corrected chi connectivity index (χ2v) is 4.24. The molecule has 1 aromatic heterocycles. The molecule has 1 heterocycles. The predicted molar refractivity (Wildman–Crippen MR) is 71.3 cm³/mol. The summed E-state index contributed by atoms with van der Waals surface area (Å²) in [6, 6.07) is 9.47. The van der Waals surface area contributed by atoms with E-state index in [-0.39, 0.29) is 5.56 Å². The number of halogens is 3. The van der Waals surface area contributed by atoms with Gasteiger partial charge in [0.15, 0.2) is 17.5 Å². The van der Waals surface area contributed by atoms with Crippen LogP contribution in [-0.4, -0.2) is 9.97 Å². The number of para-hydroxylation sites is 2. The molecule has 0 saturated carbocycles. The lowest BCUT2D eigenvalue weighted by Crippen LogP contribution is -1.92. The van der Waals surface area contributed by atoms with Crippen molar-refractivity contribution in [3.05, 3.63) is 65.2 Å². The lowest BCUT2D eigenvalue weighted by atomic mass is 10.2. The third-order valence-corrected chi connectivity index (χ3v) is 2.89. The van der Waals surface area contributed by atoms with Crippen molar-refractivity contribution in [2.75, 3.05) is 0 Å². The van der Waals surface area contributed by atoms with Gasteiger partial charge in [0.05, 0.1) is 11.0 Å². The summed E-state index contributed by atoms with van der Waals surface area (Å²) in [7, 11) is 0. The molecule has 0 amide bonds. The van der Waals surface area contributed by atoms with Crippen LogP contribution >= 0.6 is 0 Å². The Hall–Kier alpha value is -2.56. The van der Waals surface area contributed by atoms with Crippen LogP contribution in [0.1, 0.15) is 11.4 Å². The van der Waals surface area contributed by atoms with E-state index in [1.165, 1.54) is 18.2 Å². The van der Waals surface area contributed by atoms with Crippen LogP contribution in [0.25, 0.3) is 23.2 Å². The molecule has 0 atom stereocenters. The number of benzene rings is 2. The van der Waals surface area contributed by atoms with Gasteiger partial charge in [-0.3, -0.25) is 0 Å². The minimum absolute atomic E-state index is 0.0376. The average molecular weight is 274 g/mol. The fourth-order valence-corrected chi connectivity index (χ4v) is 1.89. The molecule has 0 unspecified atom stereocenters. The zero-order valence-corrected chi connectivity index (χ0v) is 10.2. The summed E-state index contributed by atoms with van der Waals surface area (Å²) in [6.45, 7) is 0. The first-order valence-electron chi connectivity index (χ1n) is 5.91. The Kier molecular flexibility index (Phi) is 3.02. The quantitative estimate of drug-likeness (QED) is 0.699. The molecule has 100 valence electrons. The Labute approximate surface area is 112 Å². The molecule has 0 fully saturated rings. The Balaban J connectivity index is 1.96. The van der Waals surface area contributed by atoms with Gasteiger partial charge in [0.25, 0.3) is 0 Å². The van der Waals surface area contributed by atoms with E-state index in [0.717, 1.165) is 17.1 Å². The zero-order chi connectivity index (χ0) is 14.1. The molecule has 2 aromatic carbocycles. The minimum Gasteiger partial charge on any atom is -0.338 e. The van der Waals surface area contributed by atoms with E-state index in [9.17, 15) is 13.2 Å². The van der Waals surface area contributed by atoms with Gasteiger partial charge in [0.2, 0.25) is 0 Å². The van der Waals surface area contributed by atoms with Crippen molar-refractivity contribution in [3.63, 3.8) is 0 Å². The molecule has 0 radical (unpaired) electrons. The number of fused-ring (bicyclic) bond motifs is 1. The van der Waals surface area contributed by atoms with Crippen LogP contribution in [0.2, 0.25) is 0 Å². The van der Waals surface area contributed by atoms with Gasteiger partial charge < -0.3 is 4.98 Å². The highest BCUT2D eigenvalue weighted by molar-refractivity contribution is 5.78. The summed E-state index contributed by atoms with van der Waals surface area (Å²) in [6.07, 6.45) is 2.85. The first-order chi connectivity index (χ1) is 9.65. The van der Waals surface area contributed by atoms with Gasteiger partial charge in [-0.05, 0) is 36.4 Å². The van der Waals surface area contributed by atoms with E-state index in [0.29, 0.717) is 5.82 Å². The minimum atomic E-state index is -1.48. The predicted octanol–water partition coefficient (Wildman–Crippen LogP) is 4.15. The number of imidazole rings is 1. The third-order valence-electron chi connectivity index (χ3n) is 2.89. The topological polar surface area (TPSA) is 28.7 Å². The van der Waals surface area contributed by atoms with Crippen LogP contribution in [0.15, 0.2) is 36.4 Å². The van der Waals surface area contributed by atoms with Crippen LogP contribution in [0.4, 0.5) is 13.2 Å². The Morgan fingerprint density at radius 1 is 0.900 bits per heavy atom. The van der Waals surface area contributed by atoms with E-state index in [4.69, 9.17) is 0 Å². The Bertz CT molecular complexity index is 773. The first-order valence-corrected chi connectivity index (χ1v) is 5.91. The molecule has 2 nitrogen and oxygen atoms in total. The smallest absolute Gasteiger partial charge is 0.195 e. The molecule has 0 saturated heterocycles. The van der Waals surface area contributed by atoms with Crippen molar-refractivity contribution >= 4 is 23.2 Å². The van der Waals surface area contributed by atoms with Crippen LogP contribution < -0.4 is 0 Å². The standard InChI is InChI=1S/C15H9F3N2/c16-10-7-5-9(14(17)15(10)18)6-8-13-19-11-3-1-2-4-12(11)20-13/h1-8H,(H,19,20). The number of hydrogen-bond donors (Lipinski definition) is 1. The molecule has 3 aromatic rings. The number of nitrogens with zero attached hydrogens (tertiary/aromatic N) is 1. The second kappa shape index (κ2) is 4.85. The van der Waals surface area contributed by atoms with Gasteiger partial charge in [-0.15, -0.1) is 0 Å². The van der Waals surface area contributed by atoms with Crippen LogP contribution in [0.3, 0.4) is 0 Å². The number of H-pyrrole nitrogens is 1. The second-order valence-electron chi connectivity index (χ2n) is 4.24. The van der Waals surface area contributed by atoms with E-state index in [1.807, 2.05) is 24.3 Å². The first kappa shape index (κ1) is 12.5. The van der Waals surface area contributed by atoms with Crippen molar-refractivity contribution in [1.82, 2.24) is 9.97 Å². The summed E-state index contributed by atoms with van der Waals surface area (Å²) in [4.78, 5) is 7.29. The van der Waals surface area contributed by atoms with Crippen molar-refractivity contribution in [2.45, 2.75) is 0 Å². The van der Waals surface area contributed by atoms with Crippen LogP contribution in [-0.2, 0) is 0 Å². The lowest BCUT2D eigenvalue weighted by molar-refractivity contribution is 0.446. The van der Waals surface area contributed by atoms with E-state index >= 15 is 0 Å². The molecular weight excluding hydrogens is 265 g/mol. The molecule has 5 heteroatoms. The fourth-order valence-electron chi connectivity index (χ4n) is 1.89. The summed E-state index contributed by atoms with van der Waals surface area (Å²) in [5, 5.41) is 0. The summed E-state index contributed by atoms with van der Waals surface area (Å²) >= 11 is 0. The van der Waals surface area contributed by atoms with Crippen LogP contribution in [0, 0.1) is 17.5 Å². The van der Waals surface area contributed by atoms with Crippen molar-refractivity contribution in [2.24, 2.45) is 0 Å². The molecule has 0 aliphatic carbocycles. The van der Waals surface area contributed by atoms with Gasteiger partial charge >= 0.3 is 0 Å². The Morgan fingerprint density at radius 3 is 2.50 bits per heavy atom. The van der Waals surface area contributed by atoms with E-state index < -0.39 is 17.5 Å². The SMILES string of the molecule is Fc1ccc(C=Cc2nc3ccccc3[nH]2)c(F)c1F. The number of hydrogen-bond acceptors (Lipinski definition) is 1. The average Bonchev–Trinajstić information content (AvgIpc) is 2.87. The van der Waals surface area contributed by atoms with Gasteiger partial charge in [0.1, 0.15) is 5.82 Å². The number of rotatable bonds is 2.